The lowest BCUT2D eigenvalue weighted by Gasteiger charge is -2.34. The quantitative estimate of drug-likeness (QED) is 0.818. The Morgan fingerprint density at radius 3 is 2.50 bits per heavy atom. The highest BCUT2D eigenvalue weighted by molar-refractivity contribution is 9.11. The van der Waals surface area contributed by atoms with Crippen LogP contribution in [0.25, 0.3) is 0 Å². The molecule has 2 atom stereocenters. The average Bonchev–Trinajstić information content (AvgIpc) is 2.30. The first-order valence-corrected chi connectivity index (χ1v) is 7.49. The van der Waals surface area contributed by atoms with Gasteiger partial charge in [0.05, 0.1) is 6.10 Å². The summed E-state index contributed by atoms with van der Waals surface area (Å²) in [6.45, 7) is 3.21. The van der Waals surface area contributed by atoms with E-state index in [9.17, 15) is 9.90 Å². The third kappa shape index (κ3) is 3.13. The number of nitrogens with zero attached hydrogens (tertiary/aromatic N) is 1. The van der Waals surface area contributed by atoms with Crippen molar-refractivity contribution in [1.29, 1.82) is 0 Å². The van der Waals surface area contributed by atoms with Crippen molar-refractivity contribution in [2.45, 2.75) is 19.4 Å². The molecule has 1 saturated heterocycles. The van der Waals surface area contributed by atoms with Crippen molar-refractivity contribution in [2.75, 3.05) is 13.1 Å². The monoisotopic (exact) mass is 375 g/mol. The lowest BCUT2D eigenvalue weighted by molar-refractivity contribution is 0.0297. The Morgan fingerprint density at radius 1 is 1.33 bits per heavy atom. The highest BCUT2D eigenvalue weighted by Gasteiger charge is 2.27. The van der Waals surface area contributed by atoms with E-state index in [2.05, 4.69) is 31.9 Å². The maximum atomic E-state index is 12.4. The zero-order chi connectivity index (χ0) is 13.3. The lowest BCUT2D eigenvalue weighted by atomic mass is 9.96. The normalized spacial score (nSPS) is 24.1. The molecule has 1 aromatic carbocycles. The zero-order valence-electron chi connectivity index (χ0n) is 10.1. The number of halogens is 2. The Hall–Kier alpha value is -0.390. The van der Waals surface area contributed by atoms with Gasteiger partial charge < -0.3 is 10.0 Å². The van der Waals surface area contributed by atoms with Crippen molar-refractivity contribution in [1.82, 2.24) is 4.90 Å². The van der Waals surface area contributed by atoms with Gasteiger partial charge in [-0.05, 0) is 30.5 Å². The van der Waals surface area contributed by atoms with Crippen LogP contribution in [0.2, 0.25) is 0 Å². The van der Waals surface area contributed by atoms with E-state index in [1.54, 1.807) is 0 Å². The molecule has 1 fully saturated rings. The topological polar surface area (TPSA) is 40.5 Å². The molecule has 1 amide bonds. The van der Waals surface area contributed by atoms with E-state index < -0.39 is 0 Å². The number of hydrogen-bond donors (Lipinski definition) is 1. The maximum absolute atomic E-state index is 12.4. The van der Waals surface area contributed by atoms with Crippen LogP contribution in [0.1, 0.15) is 23.7 Å². The fourth-order valence-corrected chi connectivity index (χ4v) is 3.47. The molecule has 0 spiro atoms. The molecular weight excluding hydrogens is 362 g/mol. The number of carbonyl (C=O) groups excluding carboxylic acids is 1. The number of hydrogen-bond acceptors (Lipinski definition) is 2. The van der Waals surface area contributed by atoms with Gasteiger partial charge in [0.1, 0.15) is 0 Å². The van der Waals surface area contributed by atoms with Gasteiger partial charge in [0, 0.05) is 27.6 Å². The lowest BCUT2D eigenvalue weighted by Crippen LogP contribution is -2.44. The van der Waals surface area contributed by atoms with Crippen molar-refractivity contribution in [3.63, 3.8) is 0 Å². The van der Waals surface area contributed by atoms with E-state index in [0.29, 0.717) is 25.1 Å². The van der Waals surface area contributed by atoms with Crippen LogP contribution in [-0.2, 0) is 0 Å². The minimum Gasteiger partial charge on any atom is -0.393 e. The number of carbonyl (C=O) groups is 1. The average molecular weight is 377 g/mol. The number of aliphatic hydroxyl groups is 1. The Bertz CT molecular complexity index is 444. The fraction of sp³-hybridized carbons (Fsp3) is 0.462. The second-order valence-corrected chi connectivity index (χ2v) is 6.57. The summed E-state index contributed by atoms with van der Waals surface area (Å²) >= 11 is 6.77. The molecule has 0 bridgehead atoms. The summed E-state index contributed by atoms with van der Waals surface area (Å²) in [5.74, 6) is 0.161. The van der Waals surface area contributed by atoms with Gasteiger partial charge in [0.2, 0.25) is 0 Å². The van der Waals surface area contributed by atoms with Crippen LogP contribution in [0.4, 0.5) is 0 Å². The van der Waals surface area contributed by atoms with Gasteiger partial charge in [-0.1, -0.05) is 38.8 Å². The van der Waals surface area contributed by atoms with Crippen molar-refractivity contribution in [3.05, 3.63) is 32.7 Å². The summed E-state index contributed by atoms with van der Waals surface area (Å²) in [6, 6.07) is 5.55. The molecule has 1 heterocycles. The second kappa shape index (κ2) is 5.72. The third-order valence-electron chi connectivity index (χ3n) is 3.26. The number of likely N-dealkylation sites (tertiary alicyclic amines) is 1. The highest BCUT2D eigenvalue weighted by Crippen LogP contribution is 2.23. The van der Waals surface area contributed by atoms with Crippen LogP contribution in [0.5, 0.6) is 0 Å². The molecule has 2 rings (SSSR count). The van der Waals surface area contributed by atoms with E-state index in [-0.39, 0.29) is 17.9 Å². The zero-order valence-corrected chi connectivity index (χ0v) is 13.2. The molecule has 0 saturated carbocycles. The molecule has 2 unspecified atom stereocenters. The predicted molar refractivity (Wildman–Crippen MR) is 77.5 cm³/mol. The predicted octanol–water partition coefficient (Wildman–Crippen LogP) is 3.05. The maximum Gasteiger partial charge on any atom is 0.253 e. The molecule has 1 aromatic rings. The first kappa shape index (κ1) is 14.0. The minimum atomic E-state index is -0.289. The first-order chi connectivity index (χ1) is 8.47. The van der Waals surface area contributed by atoms with Crippen LogP contribution in [0.15, 0.2) is 27.1 Å². The first-order valence-electron chi connectivity index (χ1n) is 5.91. The largest absolute Gasteiger partial charge is 0.393 e. The van der Waals surface area contributed by atoms with Crippen LogP contribution in [-0.4, -0.2) is 35.1 Å². The number of rotatable bonds is 1. The molecule has 18 heavy (non-hydrogen) atoms. The van der Waals surface area contributed by atoms with E-state index in [0.717, 1.165) is 8.95 Å². The van der Waals surface area contributed by atoms with Gasteiger partial charge in [-0.3, -0.25) is 4.79 Å². The van der Waals surface area contributed by atoms with Crippen molar-refractivity contribution >= 4 is 37.8 Å². The number of piperidine rings is 1. The van der Waals surface area contributed by atoms with E-state index in [1.165, 1.54) is 0 Å². The molecule has 5 heteroatoms. The molecule has 1 aliphatic heterocycles. The summed E-state index contributed by atoms with van der Waals surface area (Å²) in [6.07, 6.45) is 0.366. The molecule has 0 radical (unpaired) electrons. The van der Waals surface area contributed by atoms with Crippen molar-refractivity contribution < 1.29 is 9.90 Å². The number of benzene rings is 1. The van der Waals surface area contributed by atoms with Gasteiger partial charge in [0.25, 0.3) is 5.91 Å². The van der Waals surface area contributed by atoms with Gasteiger partial charge in [-0.15, -0.1) is 0 Å². The van der Waals surface area contributed by atoms with E-state index in [1.807, 2.05) is 30.0 Å². The third-order valence-corrected chi connectivity index (χ3v) is 4.17. The molecule has 1 aliphatic rings. The van der Waals surface area contributed by atoms with Crippen molar-refractivity contribution in [2.24, 2.45) is 5.92 Å². The van der Waals surface area contributed by atoms with E-state index >= 15 is 0 Å². The van der Waals surface area contributed by atoms with Gasteiger partial charge in [-0.25, -0.2) is 0 Å². The Balaban J connectivity index is 2.16. The van der Waals surface area contributed by atoms with Crippen LogP contribution in [0.3, 0.4) is 0 Å². The highest BCUT2D eigenvalue weighted by atomic mass is 79.9. The smallest absolute Gasteiger partial charge is 0.253 e. The SMILES string of the molecule is CC1CN(C(=O)c2cc(Br)cc(Br)c2)CCC1O. The fourth-order valence-electron chi connectivity index (χ4n) is 2.18. The van der Waals surface area contributed by atoms with Gasteiger partial charge in [-0.2, -0.15) is 0 Å². The van der Waals surface area contributed by atoms with E-state index in [4.69, 9.17) is 0 Å². The number of aliphatic hydroxyl groups excluding tert-OH is 1. The van der Waals surface area contributed by atoms with Crippen molar-refractivity contribution in [3.8, 4) is 0 Å². The van der Waals surface area contributed by atoms with Gasteiger partial charge in [0.15, 0.2) is 0 Å². The summed E-state index contributed by atoms with van der Waals surface area (Å²) < 4.78 is 1.76. The summed E-state index contributed by atoms with van der Waals surface area (Å²) in [4.78, 5) is 14.2. The second-order valence-electron chi connectivity index (χ2n) is 4.74. The summed E-state index contributed by atoms with van der Waals surface area (Å²) in [7, 11) is 0. The molecule has 98 valence electrons. The minimum absolute atomic E-state index is 0.0238. The Labute approximate surface area is 123 Å². The van der Waals surface area contributed by atoms with Crippen LogP contribution in [0, 0.1) is 5.92 Å². The molecular formula is C13H15Br2NO2. The molecule has 1 N–H and O–H groups in total. The molecule has 0 aliphatic carbocycles. The van der Waals surface area contributed by atoms with Gasteiger partial charge >= 0.3 is 0 Å². The molecule has 3 nitrogen and oxygen atoms in total. The summed E-state index contributed by atoms with van der Waals surface area (Å²) in [5, 5.41) is 9.68. The molecule has 0 aromatic heterocycles. The Morgan fingerprint density at radius 2 is 1.94 bits per heavy atom. The standard InChI is InChI=1S/C13H15Br2NO2/c1-8-7-16(3-2-12(8)17)13(18)9-4-10(14)6-11(15)5-9/h4-6,8,12,17H,2-3,7H2,1H3. The summed E-state index contributed by atoms with van der Waals surface area (Å²) in [5.41, 5.74) is 0.667. The van der Waals surface area contributed by atoms with Crippen LogP contribution >= 0.6 is 31.9 Å². The van der Waals surface area contributed by atoms with Crippen LogP contribution < -0.4 is 0 Å². The Kier molecular flexibility index (Phi) is 4.45. The number of amides is 1.